The molecule has 0 aromatic carbocycles. The molecule has 3 rings (SSSR count). The van der Waals surface area contributed by atoms with Crippen molar-refractivity contribution in [3.8, 4) is 0 Å². The van der Waals surface area contributed by atoms with Gasteiger partial charge in [0.15, 0.2) is 5.16 Å². The molecule has 2 bridgehead atoms. The molecule has 0 unspecified atom stereocenters. The number of anilines is 1. The van der Waals surface area contributed by atoms with Crippen LogP contribution in [0.3, 0.4) is 0 Å². The van der Waals surface area contributed by atoms with Crippen LogP contribution in [0.2, 0.25) is 5.15 Å². The van der Waals surface area contributed by atoms with Gasteiger partial charge in [-0.15, -0.1) is 0 Å². The predicted octanol–water partition coefficient (Wildman–Crippen LogP) is 3.44. The monoisotopic (exact) mass is 370 g/mol. The molecule has 1 aromatic rings. The Hall–Kier alpha value is -1.21. The van der Waals surface area contributed by atoms with Gasteiger partial charge in [0.05, 0.1) is 12.1 Å². The number of amides is 1. The molecule has 0 spiro atoms. The van der Waals surface area contributed by atoms with Crippen LogP contribution in [0.15, 0.2) is 11.2 Å². The smallest absolute Gasteiger partial charge is 0.410 e. The van der Waals surface area contributed by atoms with E-state index in [2.05, 4.69) is 14.9 Å². The van der Waals surface area contributed by atoms with E-state index in [-0.39, 0.29) is 18.2 Å². The van der Waals surface area contributed by atoms with E-state index < -0.39 is 5.60 Å². The normalized spacial score (nSPS) is 23.5. The molecule has 2 fully saturated rings. The zero-order valence-corrected chi connectivity index (χ0v) is 16.0. The van der Waals surface area contributed by atoms with Crippen molar-refractivity contribution in [3.63, 3.8) is 0 Å². The number of hydrogen-bond acceptors (Lipinski definition) is 6. The molecule has 8 heteroatoms. The van der Waals surface area contributed by atoms with E-state index in [4.69, 9.17) is 16.3 Å². The van der Waals surface area contributed by atoms with Crippen LogP contribution in [-0.4, -0.2) is 58.0 Å². The topological polar surface area (TPSA) is 58.6 Å². The Kier molecular flexibility index (Phi) is 4.84. The number of piperazine rings is 1. The van der Waals surface area contributed by atoms with Gasteiger partial charge in [0.1, 0.15) is 16.6 Å². The summed E-state index contributed by atoms with van der Waals surface area (Å²) >= 11 is 7.58. The van der Waals surface area contributed by atoms with Crippen molar-refractivity contribution in [2.75, 3.05) is 24.2 Å². The maximum absolute atomic E-state index is 12.5. The van der Waals surface area contributed by atoms with E-state index in [0.29, 0.717) is 10.3 Å². The minimum Gasteiger partial charge on any atom is -0.444 e. The molecule has 2 saturated heterocycles. The summed E-state index contributed by atoms with van der Waals surface area (Å²) in [5.74, 6) is 0.833. The van der Waals surface area contributed by atoms with Crippen LogP contribution in [0.1, 0.15) is 33.6 Å². The molecule has 0 N–H and O–H groups in total. The molecule has 1 aromatic heterocycles. The molecule has 2 atom stereocenters. The molecule has 2 aliphatic rings. The maximum atomic E-state index is 12.5. The Labute approximate surface area is 151 Å². The second-order valence-corrected chi connectivity index (χ2v) is 8.37. The highest BCUT2D eigenvalue weighted by Gasteiger charge is 2.44. The fraction of sp³-hybridized carbons (Fsp3) is 0.688. The van der Waals surface area contributed by atoms with Crippen LogP contribution in [0, 0.1) is 0 Å². The zero-order valence-electron chi connectivity index (χ0n) is 14.5. The number of thioether (sulfide) groups is 1. The van der Waals surface area contributed by atoms with E-state index in [0.717, 1.165) is 31.7 Å². The third kappa shape index (κ3) is 3.72. The van der Waals surface area contributed by atoms with Gasteiger partial charge in [0.25, 0.3) is 0 Å². The van der Waals surface area contributed by atoms with Crippen LogP contribution >= 0.6 is 23.4 Å². The lowest BCUT2D eigenvalue weighted by atomic mass is 10.2. The minimum atomic E-state index is -0.471. The summed E-state index contributed by atoms with van der Waals surface area (Å²) in [4.78, 5) is 25.4. The van der Waals surface area contributed by atoms with Crippen molar-refractivity contribution in [3.05, 3.63) is 11.2 Å². The first-order valence-corrected chi connectivity index (χ1v) is 9.72. The Balaban J connectivity index is 1.76. The van der Waals surface area contributed by atoms with Crippen LogP contribution in [0.5, 0.6) is 0 Å². The number of nitrogens with zero attached hydrogens (tertiary/aromatic N) is 4. The van der Waals surface area contributed by atoms with E-state index in [1.807, 2.05) is 31.9 Å². The molecular formula is C16H23ClN4O2S. The molecule has 132 valence electrons. The molecule has 6 nitrogen and oxygen atoms in total. The third-order valence-electron chi connectivity index (χ3n) is 4.25. The molecule has 0 saturated carbocycles. The maximum Gasteiger partial charge on any atom is 0.410 e. The van der Waals surface area contributed by atoms with E-state index >= 15 is 0 Å². The van der Waals surface area contributed by atoms with Gasteiger partial charge in [-0.1, -0.05) is 23.4 Å². The number of carbonyl (C=O) groups excluding carboxylic acids is 1. The SMILES string of the molecule is CSc1nc(Cl)cc(N2C[C@H]3CC[C@@H](C2)N3C(=O)OC(C)(C)C)n1. The van der Waals surface area contributed by atoms with E-state index in [9.17, 15) is 4.79 Å². The lowest BCUT2D eigenvalue weighted by Gasteiger charge is -2.41. The number of ether oxygens (including phenoxy) is 1. The second kappa shape index (κ2) is 6.59. The number of rotatable bonds is 2. The van der Waals surface area contributed by atoms with Gasteiger partial charge in [-0.2, -0.15) is 0 Å². The number of hydrogen-bond donors (Lipinski definition) is 0. The van der Waals surface area contributed by atoms with Gasteiger partial charge in [0, 0.05) is 19.2 Å². The summed E-state index contributed by atoms with van der Waals surface area (Å²) in [6, 6.07) is 2.11. The highest BCUT2D eigenvalue weighted by Crippen LogP contribution is 2.34. The molecule has 3 heterocycles. The third-order valence-corrected chi connectivity index (χ3v) is 5.00. The number of carbonyl (C=O) groups is 1. The van der Waals surface area contributed by atoms with Crippen molar-refractivity contribution < 1.29 is 9.53 Å². The number of aromatic nitrogens is 2. The molecule has 0 radical (unpaired) electrons. The fourth-order valence-electron chi connectivity index (χ4n) is 3.34. The van der Waals surface area contributed by atoms with Gasteiger partial charge in [0.2, 0.25) is 0 Å². The quantitative estimate of drug-likeness (QED) is 0.451. The lowest BCUT2D eigenvalue weighted by Crippen LogP contribution is -2.57. The van der Waals surface area contributed by atoms with Crippen molar-refractivity contribution in [1.29, 1.82) is 0 Å². The van der Waals surface area contributed by atoms with E-state index in [1.165, 1.54) is 11.8 Å². The first kappa shape index (κ1) is 17.6. The standard InChI is InChI=1S/C16H23ClN4O2S/c1-16(2,3)23-15(22)21-10-5-6-11(21)9-20(8-10)13-7-12(17)18-14(19-13)24-4/h7,10-11H,5-6,8-9H2,1-4H3/t10-,11+. The summed E-state index contributed by atoms with van der Waals surface area (Å²) < 4.78 is 5.57. The number of halogens is 1. The van der Waals surface area contributed by atoms with Crippen molar-refractivity contribution >= 4 is 35.3 Å². The van der Waals surface area contributed by atoms with Crippen molar-refractivity contribution in [1.82, 2.24) is 14.9 Å². The second-order valence-electron chi connectivity index (χ2n) is 7.21. The first-order chi connectivity index (χ1) is 11.3. The Bertz CT molecular complexity index is 623. The lowest BCUT2D eigenvalue weighted by molar-refractivity contribution is 0.0122. The van der Waals surface area contributed by atoms with Gasteiger partial charge in [-0.05, 0) is 39.9 Å². The fourth-order valence-corrected chi connectivity index (χ4v) is 3.94. The van der Waals surface area contributed by atoms with Gasteiger partial charge >= 0.3 is 6.09 Å². The molecular weight excluding hydrogens is 348 g/mol. The average molecular weight is 371 g/mol. The Morgan fingerprint density at radius 3 is 2.46 bits per heavy atom. The van der Waals surface area contributed by atoms with Crippen molar-refractivity contribution in [2.45, 2.75) is 56.5 Å². The molecule has 24 heavy (non-hydrogen) atoms. The van der Waals surface area contributed by atoms with Crippen LogP contribution in [0.4, 0.5) is 10.6 Å². The molecule has 2 aliphatic heterocycles. The highest BCUT2D eigenvalue weighted by molar-refractivity contribution is 7.98. The summed E-state index contributed by atoms with van der Waals surface area (Å²) in [6.45, 7) is 7.19. The number of fused-ring (bicyclic) bond motifs is 2. The summed E-state index contributed by atoms with van der Waals surface area (Å²) in [5.41, 5.74) is -0.471. The van der Waals surface area contributed by atoms with Crippen LogP contribution in [0.25, 0.3) is 0 Å². The first-order valence-electron chi connectivity index (χ1n) is 8.11. The molecule has 1 amide bonds. The summed E-state index contributed by atoms with van der Waals surface area (Å²) in [5, 5.41) is 1.12. The van der Waals surface area contributed by atoms with Crippen molar-refractivity contribution in [2.24, 2.45) is 0 Å². The Morgan fingerprint density at radius 2 is 1.92 bits per heavy atom. The van der Waals surface area contributed by atoms with Crippen LogP contribution < -0.4 is 4.90 Å². The molecule has 0 aliphatic carbocycles. The summed E-state index contributed by atoms with van der Waals surface area (Å²) in [7, 11) is 0. The predicted molar refractivity (Wildman–Crippen MR) is 95.9 cm³/mol. The average Bonchev–Trinajstić information content (AvgIpc) is 2.75. The summed E-state index contributed by atoms with van der Waals surface area (Å²) in [6.07, 6.45) is 3.71. The van der Waals surface area contributed by atoms with Gasteiger partial charge in [-0.25, -0.2) is 14.8 Å². The van der Waals surface area contributed by atoms with Crippen LogP contribution in [-0.2, 0) is 4.74 Å². The van der Waals surface area contributed by atoms with Gasteiger partial charge < -0.3 is 9.64 Å². The van der Waals surface area contributed by atoms with E-state index in [1.54, 1.807) is 6.07 Å². The highest BCUT2D eigenvalue weighted by atomic mass is 35.5. The zero-order chi connectivity index (χ0) is 17.5. The minimum absolute atomic E-state index is 0.157. The largest absolute Gasteiger partial charge is 0.444 e. The Morgan fingerprint density at radius 1 is 1.29 bits per heavy atom. The van der Waals surface area contributed by atoms with Gasteiger partial charge in [-0.3, -0.25) is 4.90 Å².